The molecule has 0 bridgehead atoms. The molecule has 10 heavy (non-hydrogen) atoms. The molecule has 2 nitrogen and oxygen atoms in total. The summed E-state index contributed by atoms with van der Waals surface area (Å²) in [6.07, 6.45) is 1.72. The molecule has 0 fully saturated rings. The van der Waals surface area contributed by atoms with Crippen LogP contribution in [0.2, 0.25) is 0 Å². The molecule has 0 aromatic heterocycles. The summed E-state index contributed by atoms with van der Waals surface area (Å²) in [5, 5.41) is 8.35. The van der Waals surface area contributed by atoms with Crippen molar-refractivity contribution in [3.63, 3.8) is 0 Å². The van der Waals surface area contributed by atoms with Crippen LogP contribution < -0.4 is 0 Å². The Morgan fingerprint density at radius 3 is 2.00 bits per heavy atom. The van der Waals surface area contributed by atoms with E-state index in [0.29, 0.717) is 11.1 Å². The van der Waals surface area contributed by atoms with Gasteiger partial charge in [0, 0.05) is 5.56 Å². The minimum Gasteiger partial charge on any atom is -0.285 e. The van der Waals surface area contributed by atoms with Gasteiger partial charge in [-0.15, -0.1) is 0 Å². The Labute approximate surface area is 58.7 Å². The van der Waals surface area contributed by atoms with Crippen LogP contribution in [0.3, 0.4) is 0 Å². The maximum atomic E-state index is 10.00. The first kappa shape index (κ1) is 6.50. The topological polar surface area (TPSA) is 40.9 Å². The van der Waals surface area contributed by atoms with Gasteiger partial charge in [-0.2, -0.15) is 5.26 Å². The summed E-state index contributed by atoms with van der Waals surface area (Å²) in [4.78, 5) is 10.00. The van der Waals surface area contributed by atoms with E-state index in [0.717, 1.165) is 0 Å². The van der Waals surface area contributed by atoms with Crippen molar-refractivity contribution < 1.29 is 4.79 Å². The Morgan fingerprint density at radius 2 is 1.60 bits per heavy atom. The van der Waals surface area contributed by atoms with E-state index in [1.807, 2.05) is 6.07 Å². The molecule has 0 saturated heterocycles. The third-order valence-electron chi connectivity index (χ3n) is 1.13. The van der Waals surface area contributed by atoms with Gasteiger partial charge in [-0.3, -0.25) is 4.79 Å². The SMILES string of the molecule is N#Cc1ccc([C]=O)cc1. The van der Waals surface area contributed by atoms with Crippen LogP contribution in [0.1, 0.15) is 11.1 Å². The number of hydrogen-bond acceptors (Lipinski definition) is 2. The molecule has 1 radical (unpaired) electrons. The number of rotatable bonds is 1. The lowest BCUT2D eigenvalue weighted by Crippen LogP contribution is -1.79. The second kappa shape index (κ2) is 2.79. The number of nitriles is 1. The van der Waals surface area contributed by atoms with E-state index in [9.17, 15) is 4.79 Å². The Bertz CT molecular complexity index is 268. The Hall–Kier alpha value is -1.62. The normalized spacial score (nSPS) is 8.30. The first-order chi connectivity index (χ1) is 4.86. The van der Waals surface area contributed by atoms with Gasteiger partial charge < -0.3 is 0 Å². The van der Waals surface area contributed by atoms with Crippen LogP contribution in [0.25, 0.3) is 0 Å². The minimum atomic E-state index is 0.471. The fraction of sp³-hybridized carbons (Fsp3) is 0. The number of benzene rings is 1. The predicted octanol–water partition coefficient (Wildman–Crippen LogP) is 1.02. The quantitative estimate of drug-likeness (QED) is 0.569. The summed E-state index contributed by atoms with van der Waals surface area (Å²) in [5.74, 6) is 0. The Morgan fingerprint density at radius 1 is 1.10 bits per heavy atom. The highest BCUT2D eigenvalue weighted by molar-refractivity contribution is 5.75. The fourth-order valence-corrected chi connectivity index (χ4v) is 0.613. The largest absolute Gasteiger partial charge is 0.285 e. The molecule has 0 heterocycles. The van der Waals surface area contributed by atoms with Gasteiger partial charge in [-0.25, -0.2) is 0 Å². The summed E-state index contributed by atoms with van der Waals surface area (Å²) < 4.78 is 0. The molecule has 0 spiro atoms. The lowest BCUT2D eigenvalue weighted by atomic mass is 10.2. The van der Waals surface area contributed by atoms with Gasteiger partial charge >= 0.3 is 0 Å². The number of hydrogen-bond donors (Lipinski definition) is 0. The molecule has 1 aromatic rings. The molecule has 0 N–H and O–H groups in total. The van der Waals surface area contributed by atoms with Gasteiger partial charge in [-0.1, -0.05) is 0 Å². The lowest BCUT2D eigenvalue weighted by molar-refractivity contribution is 0.563. The van der Waals surface area contributed by atoms with Gasteiger partial charge in [0.25, 0.3) is 0 Å². The van der Waals surface area contributed by atoms with E-state index in [1.54, 1.807) is 30.6 Å². The molecule has 47 valence electrons. The van der Waals surface area contributed by atoms with Crippen molar-refractivity contribution in [2.75, 3.05) is 0 Å². The highest BCUT2D eigenvalue weighted by atomic mass is 16.1. The van der Waals surface area contributed by atoms with Crippen molar-refractivity contribution in [1.29, 1.82) is 5.26 Å². The molecule has 1 rings (SSSR count). The lowest BCUT2D eigenvalue weighted by Gasteiger charge is -1.86. The van der Waals surface area contributed by atoms with Crippen LogP contribution in [-0.2, 0) is 4.79 Å². The molecule has 2 heteroatoms. The van der Waals surface area contributed by atoms with Crippen LogP contribution in [0.5, 0.6) is 0 Å². The van der Waals surface area contributed by atoms with Crippen LogP contribution in [-0.4, -0.2) is 6.29 Å². The molecule has 1 aromatic carbocycles. The highest BCUT2D eigenvalue weighted by Crippen LogP contribution is 1.99. The average molecular weight is 130 g/mol. The zero-order valence-electron chi connectivity index (χ0n) is 5.16. The molecule has 0 saturated carbocycles. The summed E-state index contributed by atoms with van der Waals surface area (Å²) in [5.41, 5.74) is 1.03. The number of carbonyl (C=O) groups excluding carboxylic acids is 1. The van der Waals surface area contributed by atoms with Crippen molar-refractivity contribution in [2.24, 2.45) is 0 Å². The highest BCUT2D eigenvalue weighted by Gasteiger charge is 1.89. The van der Waals surface area contributed by atoms with Gasteiger partial charge in [-0.05, 0) is 24.3 Å². The molecule has 0 aliphatic heterocycles. The standard InChI is InChI=1S/C8H4NO/c9-5-7-1-3-8(6-10)4-2-7/h1-4H. The molecule has 0 aliphatic rings. The minimum absolute atomic E-state index is 0.471. The van der Waals surface area contributed by atoms with Crippen molar-refractivity contribution >= 4 is 6.29 Å². The molecular weight excluding hydrogens is 126 g/mol. The molecular formula is C8H4NO. The molecule has 0 unspecified atom stereocenters. The van der Waals surface area contributed by atoms with E-state index in [-0.39, 0.29) is 0 Å². The van der Waals surface area contributed by atoms with Gasteiger partial charge in [0.15, 0.2) is 0 Å². The van der Waals surface area contributed by atoms with E-state index < -0.39 is 0 Å². The fourth-order valence-electron chi connectivity index (χ4n) is 0.613. The monoisotopic (exact) mass is 130 g/mol. The first-order valence-electron chi connectivity index (χ1n) is 2.75. The predicted molar refractivity (Wildman–Crippen MR) is 36.0 cm³/mol. The van der Waals surface area contributed by atoms with Crippen LogP contribution >= 0.6 is 0 Å². The van der Waals surface area contributed by atoms with Crippen molar-refractivity contribution in [3.05, 3.63) is 35.4 Å². The average Bonchev–Trinajstić information content (AvgIpc) is 2.05. The summed E-state index contributed by atoms with van der Waals surface area (Å²) >= 11 is 0. The van der Waals surface area contributed by atoms with Crippen LogP contribution in [0.15, 0.2) is 24.3 Å². The molecule has 0 aliphatic carbocycles. The second-order valence-corrected chi connectivity index (χ2v) is 1.79. The first-order valence-corrected chi connectivity index (χ1v) is 2.75. The maximum absolute atomic E-state index is 10.00. The Balaban J connectivity index is 3.04. The summed E-state index contributed by atoms with van der Waals surface area (Å²) in [7, 11) is 0. The second-order valence-electron chi connectivity index (χ2n) is 1.79. The van der Waals surface area contributed by atoms with E-state index in [2.05, 4.69) is 0 Å². The molecule has 0 atom stereocenters. The third-order valence-corrected chi connectivity index (χ3v) is 1.13. The van der Waals surface area contributed by atoms with E-state index in [1.165, 1.54) is 0 Å². The van der Waals surface area contributed by atoms with Gasteiger partial charge in [0.1, 0.15) is 0 Å². The smallest absolute Gasteiger partial charge is 0.233 e. The number of nitrogens with zero attached hydrogens (tertiary/aromatic N) is 1. The third kappa shape index (κ3) is 1.20. The van der Waals surface area contributed by atoms with Gasteiger partial charge in [0.2, 0.25) is 6.29 Å². The zero-order chi connectivity index (χ0) is 7.40. The van der Waals surface area contributed by atoms with Crippen molar-refractivity contribution in [2.45, 2.75) is 0 Å². The van der Waals surface area contributed by atoms with Gasteiger partial charge in [0.05, 0.1) is 11.6 Å². The van der Waals surface area contributed by atoms with Crippen molar-refractivity contribution in [1.82, 2.24) is 0 Å². The summed E-state index contributed by atoms with van der Waals surface area (Å²) in [6, 6.07) is 8.24. The van der Waals surface area contributed by atoms with Crippen LogP contribution in [0.4, 0.5) is 0 Å². The Kier molecular flexibility index (Phi) is 1.81. The van der Waals surface area contributed by atoms with Crippen molar-refractivity contribution in [3.8, 4) is 6.07 Å². The van der Waals surface area contributed by atoms with Crippen LogP contribution in [0, 0.1) is 11.3 Å². The maximum Gasteiger partial charge on any atom is 0.233 e. The summed E-state index contributed by atoms with van der Waals surface area (Å²) in [6.45, 7) is 0. The molecule has 0 amide bonds. The zero-order valence-corrected chi connectivity index (χ0v) is 5.16. The van der Waals surface area contributed by atoms with E-state index >= 15 is 0 Å². The van der Waals surface area contributed by atoms with E-state index in [4.69, 9.17) is 5.26 Å².